The monoisotopic (exact) mass is 418 g/mol. The molecular weight excluding hydrogens is 397 g/mol. The third-order valence-corrected chi connectivity index (χ3v) is 5.73. The second kappa shape index (κ2) is 7.12. The van der Waals surface area contributed by atoms with Crippen molar-refractivity contribution >= 4 is 22.8 Å². The van der Waals surface area contributed by atoms with Gasteiger partial charge in [-0.2, -0.15) is 28.2 Å². The summed E-state index contributed by atoms with van der Waals surface area (Å²) < 4.78 is 41.0. The van der Waals surface area contributed by atoms with Crippen molar-refractivity contribution in [3.05, 3.63) is 36.0 Å². The van der Waals surface area contributed by atoms with Crippen LogP contribution in [0.2, 0.25) is 0 Å². The maximum absolute atomic E-state index is 13.2. The first-order valence-electron chi connectivity index (χ1n) is 10.0. The third kappa shape index (κ3) is 3.45. The van der Waals surface area contributed by atoms with Crippen molar-refractivity contribution in [2.75, 3.05) is 23.3 Å². The van der Waals surface area contributed by atoms with E-state index in [1.807, 2.05) is 4.90 Å². The number of aliphatic hydroxyl groups excluding tert-OH is 1. The molecule has 2 aromatic heterocycles. The van der Waals surface area contributed by atoms with Crippen molar-refractivity contribution in [1.82, 2.24) is 19.7 Å². The molecule has 7 nitrogen and oxygen atoms in total. The minimum absolute atomic E-state index is 0.278. The number of β-amino-alcohol motifs (C(OH)–C–C–N with tert-alkyl or cyclic N) is 1. The fourth-order valence-corrected chi connectivity index (χ4v) is 3.87. The Hall–Kier alpha value is -2.88. The average molecular weight is 418 g/mol. The summed E-state index contributed by atoms with van der Waals surface area (Å²) in [5, 5.41) is 18.2. The number of aliphatic hydroxyl groups is 1. The highest BCUT2D eigenvalue weighted by molar-refractivity contribution is 5.89. The van der Waals surface area contributed by atoms with Crippen LogP contribution in [0, 0.1) is 0 Å². The number of halogens is 3. The normalized spacial score (nSPS) is 20.0. The molecule has 1 aliphatic carbocycles. The molecule has 2 aliphatic rings. The van der Waals surface area contributed by atoms with Gasteiger partial charge >= 0.3 is 6.18 Å². The van der Waals surface area contributed by atoms with E-state index in [0.29, 0.717) is 48.4 Å². The molecule has 1 saturated carbocycles. The molecule has 2 fully saturated rings. The fraction of sp³-hybridized carbons (Fsp3) is 0.450. The molecule has 5 rings (SSSR count). The Labute approximate surface area is 170 Å². The van der Waals surface area contributed by atoms with Gasteiger partial charge in [-0.15, -0.1) is 0 Å². The van der Waals surface area contributed by atoms with Crippen LogP contribution in [0.5, 0.6) is 0 Å². The summed E-state index contributed by atoms with van der Waals surface area (Å²) in [7, 11) is 0. The molecule has 3 heterocycles. The highest BCUT2D eigenvalue weighted by atomic mass is 19.4. The smallest absolute Gasteiger partial charge is 0.391 e. The van der Waals surface area contributed by atoms with Gasteiger partial charge in [-0.1, -0.05) is 6.07 Å². The topological polar surface area (TPSA) is 79.1 Å². The van der Waals surface area contributed by atoms with Crippen LogP contribution in [0.25, 0.3) is 16.7 Å². The zero-order valence-electron chi connectivity index (χ0n) is 16.1. The van der Waals surface area contributed by atoms with Gasteiger partial charge in [-0.3, -0.25) is 0 Å². The summed E-state index contributed by atoms with van der Waals surface area (Å²) in [5.74, 6) is 1.06. The van der Waals surface area contributed by atoms with Crippen molar-refractivity contribution in [3.63, 3.8) is 0 Å². The molecule has 10 heteroatoms. The lowest BCUT2D eigenvalue weighted by molar-refractivity contribution is -0.137. The Morgan fingerprint density at radius 2 is 1.97 bits per heavy atom. The Morgan fingerprint density at radius 3 is 2.63 bits per heavy atom. The van der Waals surface area contributed by atoms with Crippen LogP contribution in [0.4, 0.5) is 24.9 Å². The zero-order chi connectivity index (χ0) is 20.9. The lowest BCUT2D eigenvalue weighted by Crippen LogP contribution is -2.29. The minimum Gasteiger partial charge on any atom is -0.391 e. The highest BCUT2D eigenvalue weighted by Gasteiger charge is 2.31. The lowest BCUT2D eigenvalue weighted by Gasteiger charge is -2.27. The fourth-order valence-electron chi connectivity index (χ4n) is 3.87. The van der Waals surface area contributed by atoms with E-state index in [4.69, 9.17) is 0 Å². The van der Waals surface area contributed by atoms with Crippen LogP contribution in [0.15, 0.2) is 30.5 Å². The van der Waals surface area contributed by atoms with Crippen LogP contribution in [0.1, 0.15) is 31.2 Å². The predicted molar refractivity (Wildman–Crippen MR) is 106 cm³/mol. The number of aromatic nitrogens is 4. The summed E-state index contributed by atoms with van der Waals surface area (Å²) in [6.07, 6.45) is 0.547. The highest BCUT2D eigenvalue weighted by Crippen LogP contribution is 2.33. The SMILES string of the molecule is OC1CCN(c2nc(NC3CCC3)nc3c2cnn3-c2cccc(C(F)(F)F)c2)C1. The first-order valence-corrected chi connectivity index (χ1v) is 10.0. The molecule has 1 aromatic carbocycles. The molecule has 0 amide bonds. The summed E-state index contributed by atoms with van der Waals surface area (Å²) in [5.41, 5.74) is -0.0310. The Morgan fingerprint density at radius 1 is 1.13 bits per heavy atom. The van der Waals surface area contributed by atoms with E-state index < -0.39 is 17.8 Å². The van der Waals surface area contributed by atoms with E-state index in [2.05, 4.69) is 20.4 Å². The Bertz CT molecular complexity index is 1080. The van der Waals surface area contributed by atoms with Crippen molar-refractivity contribution in [2.24, 2.45) is 0 Å². The van der Waals surface area contributed by atoms with E-state index in [9.17, 15) is 18.3 Å². The van der Waals surface area contributed by atoms with Gasteiger partial charge in [-0.05, 0) is 43.9 Å². The maximum Gasteiger partial charge on any atom is 0.416 e. The average Bonchev–Trinajstić information content (AvgIpc) is 3.30. The quantitative estimate of drug-likeness (QED) is 0.677. The van der Waals surface area contributed by atoms with Gasteiger partial charge in [0.1, 0.15) is 5.82 Å². The molecule has 0 bridgehead atoms. The van der Waals surface area contributed by atoms with E-state index in [0.717, 1.165) is 31.4 Å². The number of hydrogen-bond acceptors (Lipinski definition) is 6. The summed E-state index contributed by atoms with van der Waals surface area (Å²) in [6.45, 7) is 1.09. The predicted octanol–water partition coefficient (Wildman–Crippen LogP) is 3.37. The van der Waals surface area contributed by atoms with Gasteiger partial charge in [-0.25, -0.2) is 4.68 Å². The number of fused-ring (bicyclic) bond motifs is 1. The molecule has 30 heavy (non-hydrogen) atoms. The second-order valence-electron chi connectivity index (χ2n) is 7.87. The molecule has 1 unspecified atom stereocenters. The number of benzene rings is 1. The number of anilines is 2. The van der Waals surface area contributed by atoms with E-state index in [-0.39, 0.29) is 5.69 Å². The van der Waals surface area contributed by atoms with Crippen LogP contribution in [0.3, 0.4) is 0 Å². The molecular formula is C20H21F3N6O. The van der Waals surface area contributed by atoms with Gasteiger partial charge in [0.2, 0.25) is 5.95 Å². The van der Waals surface area contributed by atoms with Gasteiger partial charge < -0.3 is 15.3 Å². The second-order valence-corrected chi connectivity index (χ2v) is 7.87. The molecule has 3 aromatic rings. The van der Waals surface area contributed by atoms with Crippen LogP contribution in [-0.2, 0) is 6.18 Å². The number of hydrogen-bond donors (Lipinski definition) is 2. The van der Waals surface area contributed by atoms with Crippen molar-refractivity contribution in [2.45, 2.75) is 44.0 Å². The lowest BCUT2D eigenvalue weighted by atomic mass is 9.93. The summed E-state index contributed by atoms with van der Waals surface area (Å²) >= 11 is 0. The molecule has 2 N–H and O–H groups in total. The molecule has 1 aliphatic heterocycles. The first kappa shape index (κ1) is 19.1. The number of nitrogens with one attached hydrogen (secondary N) is 1. The van der Waals surface area contributed by atoms with Gasteiger partial charge in [0, 0.05) is 19.1 Å². The number of rotatable bonds is 4. The molecule has 0 spiro atoms. The summed E-state index contributed by atoms with van der Waals surface area (Å²) in [4.78, 5) is 11.2. The Balaban J connectivity index is 1.62. The molecule has 158 valence electrons. The van der Waals surface area contributed by atoms with Gasteiger partial charge in [0.25, 0.3) is 0 Å². The van der Waals surface area contributed by atoms with E-state index >= 15 is 0 Å². The van der Waals surface area contributed by atoms with Crippen molar-refractivity contribution in [1.29, 1.82) is 0 Å². The van der Waals surface area contributed by atoms with E-state index in [1.165, 1.54) is 10.7 Å². The van der Waals surface area contributed by atoms with Crippen molar-refractivity contribution < 1.29 is 18.3 Å². The van der Waals surface area contributed by atoms with Crippen LogP contribution >= 0.6 is 0 Å². The molecule has 1 atom stereocenters. The standard InChI is InChI=1S/C20H21F3N6O/c21-20(22,23)12-3-1-6-14(9-12)29-18-16(10-24-29)17(28-8-7-15(30)11-28)26-19(27-18)25-13-4-2-5-13/h1,3,6,9-10,13,15,30H,2,4-5,7-8,11H2,(H,25,26,27). The number of alkyl halides is 3. The molecule has 1 saturated heterocycles. The minimum atomic E-state index is -4.44. The van der Waals surface area contributed by atoms with Crippen molar-refractivity contribution in [3.8, 4) is 5.69 Å². The first-order chi connectivity index (χ1) is 14.4. The van der Waals surface area contributed by atoms with Gasteiger partial charge in [0.05, 0.1) is 28.9 Å². The maximum atomic E-state index is 13.2. The van der Waals surface area contributed by atoms with Gasteiger partial charge in [0.15, 0.2) is 5.65 Å². The third-order valence-electron chi connectivity index (χ3n) is 5.73. The Kier molecular flexibility index (Phi) is 4.53. The zero-order valence-corrected chi connectivity index (χ0v) is 16.1. The molecule has 0 radical (unpaired) electrons. The largest absolute Gasteiger partial charge is 0.416 e. The van der Waals surface area contributed by atoms with Crippen LogP contribution in [-0.4, -0.2) is 50.1 Å². The number of nitrogens with zero attached hydrogens (tertiary/aromatic N) is 5. The van der Waals surface area contributed by atoms with E-state index in [1.54, 1.807) is 12.3 Å². The van der Waals surface area contributed by atoms with Crippen LogP contribution < -0.4 is 10.2 Å². The summed E-state index contributed by atoms with van der Waals surface area (Å²) in [6, 6.07) is 5.32.